The Bertz CT molecular complexity index is 398. The normalized spacial score (nSPS) is 27.3. The van der Waals surface area contributed by atoms with E-state index in [1.807, 2.05) is 0 Å². The topological polar surface area (TPSA) is 67.9 Å². The molecule has 0 amide bonds. The average Bonchev–Trinajstić information content (AvgIpc) is 2.84. The standard InChI is InChI=1S/C13H19N3O2/c17-13(18-6-5-10-8-14-16-15-10)12-7-11(12)9-3-1-2-4-9/h8-9,11-12H,1-7H2,(H,14,15,16). The highest BCUT2D eigenvalue weighted by molar-refractivity contribution is 5.75. The summed E-state index contributed by atoms with van der Waals surface area (Å²) in [6.45, 7) is 0.416. The van der Waals surface area contributed by atoms with Crippen LogP contribution in [0.25, 0.3) is 0 Å². The van der Waals surface area contributed by atoms with E-state index < -0.39 is 0 Å². The first kappa shape index (κ1) is 11.7. The summed E-state index contributed by atoms with van der Waals surface area (Å²) < 4.78 is 5.31. The zero-order chi connectivity index (χ0) is 12.4. The number of aromatic amines is 1. The van der Waals surface area contributed by atoms with Gasteiger partial charge in [-0.2, -0.15) is 15.4 Å². The van der Waals surface area contributed by atoms with E-state index in [0.717, 1.165) is 18.0 Å². The molecule has 3 rings (SSSR count). The molecule has 2 saturated carbocycles. The van der Waals surface area contributed by atoms with Crippen LogP contribution in [0.4, 0.5) is 0 Å². The smallest absolute Gasteiger partial charge is 0.309 e. The summed E-state index contributed by atoms with van der Waals surface area (Å²) in [6, 6.07) is 0. The fraction of sp³-hybridized carbons (Fsp3) is 0.769. The number of hydrogen-bond acceptors (Lipinski definition) is 4. The van der Waals surface area contributed by atoms with Gasteiger partial charge in [-0.05, 0) is 18.3 Å². The number of hydrogen-bond donors (Lipinski definition) is 1. The zero-order valence-corrected chi connectivity index (χ0v) is 10.5. The van der Waals surface area contributed by atoms with Crippen molar-refractivity contribution in [3.63, 3.8) is 0 Å². The lowest BCUT2D eigenvalue weighted by Gasteiger charge is -2.07. The SMILES string of the molecule is O=C(OCCc1cn[nH]n1)C1CC1C1CCCC1. The molecule has 5 heteroatoms. The molecule has 2 aliphatic rings. The van der Waals surface area contributed by atoms with Gasteiger partial charge >= 0.3 is 5.97 Å². The van der Waals surface area contributed by atoms with Crippen molar-refractivity contribution in [2.45, 2.75) is 38.5 Å². The van der Waals surface area contributed by atoms with E-state index in [1.54, 1.807) is 6.20 Å². The first-order valence-electron chi connectivity index (χ1n) is 6.86. The maximum absolute atomic E-state index is 11.8. The molecule has 1 aromatic rings. The van der Waals surface area contributed by atoms with E-state index in [0.29, 0.717) is 18.9 Å². The van der Waals surface area contributed by atoms with Crippen molar-refractivity contribution in [2.75, 3.05) is 6.61 Å². The molecule has 1 N–H and O–H groups in total. The van der Waals surface area contributed by atoms with Crippen molar-refractivity contribution in [3.8, 4) is 0 Å². The molecule has 18 heavy (non-hydrogen) atoms. The van der Waals surface area contributed by atoms with Gasteiger partial charge in [-0.3, -0.25) is 4.79 Å². The lowest BCUT2D eigenvalue weighted by Crippen LogP contribution is -2.12. The monoisotopic (exact) mass is 249 g/mol. The summed E-state index contributed by atoms with van der Waals surface area (Å²) in [5.74, 6) is 1.59. The van der Waals surface area contributed by atoms with E-state index in [-0.39, 0.29) is 11.9 Å². The average molecular weight is 249 g/mol. The Kier molecular flexibility index (Phi) is 3.30. The van der Waals surface area contributed by atoms with Crippen LogP contribution in [0.5, 0.6) is 0 Å². The number of carbonyl (C=O) groups excluding carboxylic acids is 1. The summed E-state index contributed by atoms with van der Waals surface area (Å²) in [5.41, 5.74) is 0.839. The van der Waals surface area contributed by atoms with Crippen molar-refractivity contribution in [3.05, 3.63) is 11.9 Å². The molecular formula is C13H19N3O2. The summed E-state index contributed by atoms with van der Waals surface area (Å²) >= 11 is 0. The van der Waals surface area contributed by atoms with Crippen LogP contribution in [0, 0.1) is 17.8 Å². The first-order chi connectivity index (χ1) is 8.84. The van der Waals surface area contributed by atoms with E-state index in [9.17, 15) is 4.79 Å². The molecule has 2 aliphatic carbocycles. The second kappa shape index (κ2) is 5.08. The highest BCUT2D eigenvalue weighted by Crippen LogP contribution is 2.50. The summed E-state index contributed by atoms with van der Waals surface area (Å²) in [5, 5.41) is 10.2. The number of aromatic nitrogens is 3. The van der Waals surface area contributed by atoms with E-state index in [2.05, 4.69) is 15.4 Å². The molecule has 98 valence electrons. The predicted molar refractivity (Wildman–Crippen MR) is 64.6 cm³/mol. The number of rotatable bonds is 5. The number of nitrogens with one attached hydrogen (secondary N) is 1. The second-order valence-electron chi connectivity index (χ2n) is 5.43. The molecule has 0 aliphatic heterocycles. The third-order valence-corrected chi connectivity index (χ3v) is 4.22. The molecular weight excluding hydrogens is 230 g/mol. The van der Waals surface area contributed by atoms with Crippen molar-refractivity contribution >= 4 is 5.97 Å². The Morgan fingerprint density at radius 3 is 3.00 bits per heavy atom. The molecule has 1 heterocycles. The summed E-state index contributed by atoms with van der Waals surface area (Å²) in [6.07, 6.45) is 8.66. The van der Waals surface area contributed by atoms with Gasteiger partial charge in [-0.15, -0.1) is 0 Å². The highest BCUT2D eigenvalue weighted by Gasteiger charge is 2.48. The molecule has 1 aromatic heterocycles. The fourth-order valence-electron chi connectivity index (χ4n) is 3.10. The van der Waals surface area contributed by atoms with Gasteiger partial charge in [0.25, 0.3) is 0 Å². The maximum Gasteiger partial charge on any atom is 0.309 e. The van der Waals surface area contributed by atoms with Crippen molar-refractivity contribution in [1.29, 1.82) is 0 Å². The minimum atomic E-state index is -0.00426. The molecule has 2 atom stereocenters. The van der Waals surface area contributed by atoms with Crippen molar-refractivity contribution in [1.82, 2.24) is 15.4 Å². The minimum absolute atomic E-state index is 0.00426. The van der Waals surface area contributed by atoms with Crippen LogP contribution >= 0.6 is 0 Å². The van der Waals surface area contributed by atoms with Gasteiger partial charge in [-0.1, -0.05) is 25.7 Å². The maximum atomic E-state index is 11.8. The Morgan fingerprint density at radius 2 is 2.28 bits per heavy atom. The van der Waals surface area contributed by atoms with Crippen LogP contribution in [0.1, 0.15) is 37.8 Å². The van der Waals surface area contributed by atoms with Crippen LogP contribution in [0.3, 0.4) is 0 Å². The summed E-state index contributed by atoms with van der Waals surface area (Å²) in [4.78, 5) is 11.8. The van der Waals surface area contributed by atoms with Gasteiger partial charge < -0.3 is 4.74 Å². The van der Waals surface area contributed by atoms with Crippen molar-refractivity contribution < 1.29 is 9.53 Å². The number of nitrogens with zero attached hydrogens (tertiary/aromatic N) is 2. The number of ether oxygens (including phenoxy) is 1. The molecule has 0 saturated heterocycles. The van der Waals surface area contributed by atoms with Gasteiger partial charge in [-0.25, -0.2) is 0 Å². The Labute approximate surface area is 106 Å². The van der Waals surface area contributed by atoms with Crippen LogP contribution in [0.15, 0.2) is 6.20 Å². The van der Waals surface area contributed by atoms with Crippen molar-refractivity contribution in [2.24, 2.45) is 17.8 Å². The Morgan fingerprint density at radius 1 is 1.44 bits per heavy atom. The van der Waals surface area contributed by atoms with E-state index in [1.165, 1.54) is 25.7 Å². The Hall–Kier alpha value is -1.39. The van der Waals surface area contributed by atoms with Crippen LogP contribution in [0.2, 0.25) is 0 Å². The van der Waals surface area contributed by atoms with E-state index >= 15 is 0 Å². The van der Waals surface area contributed by atoms with E-state index in [4.69, 9.17) is 4.74 Å². The number of esters is 1. The molecule has 2 fully saturated rings. The third kappa shape index (κ3) is 2.54. The largest absolute Gasteiger partial charge is 0.465 e. The molecule has 0 aromatic carbocycles. The van der Waals surface area contributed by atoms with Crippen LogP contribution < -0.4 is 0 Å². The van der Waals surface area contributed by atoms with Gasteiger partial charge in [0.1, 0.15) is 0 Å². The number of carbonyl (C=O) groups is 1. The molecule has 2 unspecified atom stereocenters. The van der Waals surface area contributed by atoms with Gasteiger partial charge in [0.2, 0.25) is 0 Å². The lowest BCUT2D eigenvalue weighted by molar-refractivity contribution is -0.145. The fourth-order valence-corrected chi connectivity index (χ4v) is 3.10. The van der Waals surface area contributed by atoms with Crippen LogP contribution in [-0.4, -0.2) is 28.0 Å². The van der Waals surface area contributed by atoms with Crippen LogP contribution in [-0.2, 0) is 16.0 Å². The first-order valence-corrected chi connectivity index (χ1v) is 6.86. The zero-order valence-electron chi connectivity index (χ0n) is 10.5. The third-order valence-electron chi connectivity index (χ3n) is 4.22. The Balaban J connectivity index is 1.38. The molecule has 0 spiro atoms. The van der Waals surface area contributed by atoms with Gasteiger partial charge in [0, 0.05) is 6.42 Å². The molecule has 0 radical (unpaired) electrons. The minimum Gasteiger partial charge on any atom is -0.465 e. The number of H-pyrrole nitrogens is 1. The molecule has 5 nitrogen and oxygen atoms in total. The predicted octanol–water partition coefficient (Wildman–Crippen LogP) is 1.72. The van der Waals surface area contributed by atoms with Gasteiger partial charge in [0.05, 0.1) is 24.4 Å². The lowest BCUT2D eigenvalue weighted by atomic mass is 10.0. The summed E-state index contributed by atoms with van der Waals surface area (Å²) in [7, 11) is 0. The van der Waals surface area contributed by atoms with Gasteiger partial charge in [0.15, 0.2) is 0 Å². The quantitative estimate of drug-likeness (QED) is 0.807. The second-order valence-corrected chi connectivity index (χ2v) is 5.43. The molecule has 0 bridgehead atoms. The highest BCUT2D eigenvalue weighted by atomic mass is 16.5.